The van der Waals surface area contributed by atoms with E-state index in [9.17, 15) is 14.9 Å². The fourth-order valence-electron chi connectivity index (χ4n) is 2.73. The molecule has 0 saturated heterocycles. The van der Waals surface area contributed by atoms with Crippen LogP contribution in [0.3, 0.4) is 0 Å². The summed E-state index contributed by atoms with van der Waals surface area (Å²) in [5.41, 5.74) is 1.87. The Balaban J connectivity index is 2.08. The van der Waals surface area contributed by atoms with Gasteiger partial charge in [-0.2, -0.15) is 4.99 Å². The summed E-state index contributed by atoms with van der Waals surface area (Å²) in [6.07, 6.45) is 0.804. The smallest absolute Gasteiger partial charge is 0.288 e. The van der Waals surface area contributed by atoms with E-state index < -0.39 is 10.8 Å². The molecular weight excluding hydrogens is 386 g/mol. The molecule has 1 heterocycles. The Kier molecular flexibility index (Phi) is 5.53. The fourth-order valence-corrected chi connectivity index (χ4v) is 3.99. The molecule has 138 valence electrons. The van der Waals surface area contributed by atoms with Crippen molar-refractivity contribution in [1.29, 1.82) is 0 Å². The van der Waals surface area contributed by atoms with Gasteiger partial charge in [0.1, 0.15) is 5.02 Å². The number of benzene rings is 2. The number of nitro groups is 1. The molecule has 0 spiro atoms. The quantitative estimate of drug-likeness (QED) is 0.472. The standard InChI is InChI=1S/C19H16ClN3O3S/c1-3-16-17(12-7-5-4-6-8-12)22(2)19(27-16)21-18(24)13-9-10-14(20)15(11-13)23(25)26/h4-11H,3H2,1-2H3. The van der Waals surface area contributed by atoms with E-state index in [1.54, 1.807) is 0 Å². The van der Waals surface area contributed by atoms with E-state index in [0.717, 1.165) is 28.6 Å². The molecule has 0 radical (unpaired) electrons. The van der Waals surface area contributed by atoms with E-state index in [1.807, 2.05) is 48.9 Å². The van der Waals surface area contributed by atoms with Gasteiger partial charge in [0.2, 0.25) is 0 Å². The van der Waals surface area contributed by atoms with Gasteiger partial charge in [-0.1, -0.05) is 48.9 Å². The maximum Gasteiger partial charge on any atom is 0.288 e. The number of hydrogen-bond donors (Lipinski definition) is 0. The highest BCUT2D eigenvalue weighted by Gasteiger charge is 2.17. The highest BCUT2D eigenvalue weighted by atomic mass is 35.5. The average Bonchev–Trinajstić information content (AvgIpc) is 2.98. The summed E-state index contributed by atoms with van der Waals surface area (Å²) in [4.78, 5) is 28.8. The van der Waals surface area contributed by atoms with Crippen LogP contribution in [0.4, 0.5) is 5.69 Å². The molecule has 3 aromatic rings. The van der Waals surface area contributed by atoms with Crippen LogP contribution in [0.5, 0.6) is 0 Å². The monoisotopic (exact) mass is 401 g/mol. The summed E-state index contributed by atoms with van der Waals surface area (Å²) in [6.45, 7) is 2.05. The molecule has 0 aliphatic heterocycles. The zero-order chi connectivity index (χ0) is 19.6. The molecule has 2 aromatic carbocycles. The SMILES string of the molecule is CCc1sc(=NC(=O)c2ccc(Cl)c([N+](=O)[O-])c2)n(C)c1-c1ccccc1. The van der Waals surface area contributed by atoms with Crippen molar-refractivity contribution in [3.8, 4) is 11.3 Å². The lowest BCUT2D eigenvalue weighted by molar-refractivity contribution is -0.384. The number of carbonyl (C=O) groups is 1. The van der Waals surface area contributed by atoms with Gasteiger partial charge in [-0.3, -0.25) is 14.9 Å². The predicted octanol–water partition coefficient (Wildman–Crippen LogP) is 4.62. The molecule has 0 saturated carbocycles. The summed E-state index contributed by atoms with van der Waals surface area (Å²) in [6, 6.07) is 13.8. The highest BCUT2D eigenvalue weighted by Crippen LogP contribution is 2.27. The lowest BCUT2D eigenvalue weighted by Gasteiger charge is -2.05. The van der Waals surface area contributed by atoms with Crippen LogP contribution in [0, 0.1) is 10.1 Å². The normalized spacial score (nSPS) is 11.6. The first-order chi connectivity index (χ1) is 12.9. The van der Waals surface area contributed by atoms with Crippen molar-refractivity contribution in [1.82, 2.24) is 4.57 Å². The zero-order valence-corrected chi connectivity index (χ0v) is 16.3. The van der Waals surface area contributed by atoms with Crippen LogP contribution in [0.15, 0.2) is 53.5 Å². The lowest BCUT2D eigenvalue weighted by atomic mass is 10.1. The third-order valence-corrected chi connectivity index (χ3v) is 5.65. The minimum Gasteiger partial charge on any atom is -0.319 e. The average molecular weight is 402 g/mol. The van der Waals surface area contributed by atoms with Crippen LogP contribution in [0.1, 0.15) is 22.2 Å². The van der Waals surface area contributed by atoms with Gasteiger partial charge < -0.3 is 4.57 Å². The van der Waals surface area contributed by atoms with Crippen molar-refractivity contribution in [3.05, 3.63) is 78.9 Å². The Hall–Kier alpha value is -2.77. The number of nitro benzene ring substituents is 1. The zero-order valence-electron chi connectivity index (χ0n) is 14.7. The van der Waals surface area contributed by atoms with E-state index in [2.05, 4.69) is 4.99 Å². The number of nitrogens with zero attached hydrogens (tertiary/aromatic N) is 3. The first-order valence-corrected chi connectivity index (χ1v) is 9.39. The molecule has 8 heteroatoms. The number of amides is 1. The highest BCUT2D eigenvalue weighted by molar-refractivity contribution is 7.09. The molecule has 27 heavy (non-hydrogen) atoms. The summed E-state index contributed by atoms with van der Waals surface area (Å²) < 4.78 is 1.88. The van der Waals surface area contributed by atoms with Gasteiger partial charge in [0.25, 0.3) is 11.6 Å². The first kappa shape index (κ1) is 19.0. The van der Waals surface area contributed by atoms with Crippen LogP contribution in [-0.2, 0) is 13.5 Å². The predicted molar refractivity (Wildman–Crippen MR) is 106 cm³/mol. The molecule has 0 fully saturated rings. The molecule has 1 aromatic heterocycles. The van der Waals surface area contributed by atoms with Crippen molar-refractivity contribution in [2.75, 3.05) is 0 Å². The lowest BCUT2D eigenvalue weighted by Crippen LogP contribution is -2.14. The molecular formula is C19H16ClN3O3S. The Bertz CT molecular complexity index is 1090. The Labute approximate surface area is 164 Å². The van der Waals surface area contributed by atoms with Crippen LogP contribution in [0.2, 0.25) is 5.02 Å². The first-order valence-electron chi connectivity index (χ1n) is 8.19. The maximum absolute atomic E-state index is 12.6. The number of halogens is 1. The van der Waals surface area contributed by atoms with Gasteiger partial charge in [-0.25, -0.2) is 0 Å². The molecule has 0 bridgehead atoms. The van der Waals surface area contributed by atoms with Crippen molar-refractivity contribution < 1.29 is 9.72 Å². The van der Waals surface area contributed by atoms with Gasteiger partial charge in [0.15, 0.2) is 4.80 Å². The van der Waals surface area contributed by atoms with E-state index in [4.69, 9.17) is 11.6 Å². The van der Waals surface area contributed by atoms with E-state index in [0.29, 0.717) is 4.80 Å². The maximum atomic E-state index is 12.6. The van der Waals surface area contributed by atoms with Crippen molar-refractivity contribution in [2.24, 2.45) is 12.0 Å². The molecule has 0 aliphatic carbocycles. The van der Waals surface area contributed by atoms with E-state index in [-0.39, 0.29) is 16.3 Å². The van der Waals surface area contributed by atoms with Gasteiger partial charge in [-0.15, -0.1) is 11.3 Å². The molecule has 0 atom stereocenters. The number of thiazole rings is 1. The van der Waals surface area contributed by atoms with Crippen LogP contribution in [-0.4, -0.2) is 15.4 Å². The summed E-state index contributed by atoms with van der Waals surface area (Å²) in [7, 11) is 1.86. The van der Waals surface area contributed by atoms with Crippen LogP contribution in [0.25, 0.3) is 11.3 Å². The minimum absolute atomic E-state index is 0.0159. The Morgan fingerprint density at radius 3 is 2.59 bits per heavy atom. The van der Waals surface area contributed by atoms with Crippen LogP contribution < -0.4 is 4.80 Å². The third kappa shape index (κ3) is 3.84. The summed E-state index contributed by atoms with van der Waals surface area (Å²) >= 11 is 7.24. The molecule has 0 unspecified atom stereocenters. The Morgan fingerprint density at radius 1 is 1.26 bits per heavy atom. The third-order valence-electron chi connectivity index (χ3n) is 4.06. The van der Waals surface area contributed by atoms with Crippen molar-refractivity contribution in [2.45, 2.75) is 13.3 Å². The second-order valence-corrected chi connectivity index (χ2v) is 7.24. The molecule has 3 rings (SSSR count). The fraction of sp³-hybridized carbons (Fsp3) is 0.158. The van der Waals surface area contributed by atoms with Gasteiger partial charge in [0.05, 0.1) is 10.6 Å². The van der Waals surface area contributed by atoms with E-state index >= 15 is 0 Å². The number of hydrogen-bond acceptors (Lipinski definition) is 4. The summed E-state index contributed by atoms with van der Waals surface area (Å²) in [5, 5.41) is 11.0. The van der Waals surface area contributed by atoms with E-state index in [1.165, 1.54) is 23.5 Å². The van der Waals surface area contributed by atoms with Crippen LogP contribution >= 0.6 is 22.9 Å². The largest absolute Gasteiger partial charge is 0.319 e. The Morgan fingerprint density at radius 2 is 1.96 bits per heavy atom. The molecule has 1 amide bonds. The number of aromatic nitrogens is 1. The molecule has 6 nitrogen and oxygen atoms in total. The number of aryl methyl sites for hydroxylation is 1. The van der Waals surface area contributed by atoms with Gasteiger partial charge in [-0.05, 0) is 24.1 Å². The number of carbonyl (C=O) groups excluding carboxylic acids is 1. The number of rotatable bonds is 4. The topological polar surface area (TPSA) is 77.5 Å². The molecule has 0 N–H and O–H groups in total. The summed E-state index contributed by atoms with van der Waals surface area (Å²) in [5.74, 6) is -0.547. The minimum atomic E-state index is -0.618. The molecule has 0 aliphatic rings. The van der Waals surface area contributed by atoms with Gasteiger partial charge in [0, 0.05) is 23.6 Å². The van der Waals surface area contributed by atoms with Crippen molar-refractivity contribution in [3.63, 3.8) is 0 Å². The second-order valence-electron chi connectivity index (χ2n) is 5.78. The second kappa shape index (κ2) is 7.85. The van der Waals surface area contributed by atoms with Gasteiger partial charge >= 0.3 is 0 Å². The van der Waals surface area contributed by atoms with Crippen molar-refractivity contribution >= 4 is 34.5 Å².